The van der Waals surface area contributed by atoms with Crippen molar-refractivity contribution in [3.8, 4) is 5.95 Å². The first-order valence-electron chi connectivity index (χ1n) is 7.10. The summed E-state index contributed by atoms with van der Waals surface area (Å²) in [4.78, 5) is 15.1. The van der Waals surface area contributed by atoms with Crippen LogP contribution in [-0.4, -0.2) is 37.8 Å². The minimum atomic E-state index is 0.199. The largest absolute Gasteiger partial charge is 0.340 e. The topological polar surface area (TPSA) is 59.7 Å². The van der Waals surface area contributed by atoms with Crippen LogP contribution >= 0.6 is 11.6 Å². The molecule has 0 saturated carbocycles. The summed E-state index contributed by atoms with van der Waals surface area (Å²) in [6.07, 6.45) is 4.62. The quantitative estimate of drug-likeness (QED) is 0.853. The number of anilines is 1. The van der Waals surface area contributed by atoms with Gasteiger partial charge in [-0.05, 0) is 35.4 Å². The van der Waals surface area contributed by atoms with Gasteiger partial charge in [0.1, 0.15) is 0 Å². The zero-order valence-electron chi connectivity index (χ0n) is 12.5. The third-order valence-electron chi connectivity index (χ3n) is 3.99. The molecule has 0 aromatic carbocycles. The molecule has 0 N–H and O–H groups in total. The molecule has 0 amide bonds. The Morgan fingerprint density at radius 2 is 1.95 bits per heavy atom. The highest BCUT2D eigenvalue weighted by atomic mass is 35.5. The molecule has 7 heteroatoms. The van der Waals surface area contributed by atoms with Gasteiger partial charge >= 0.3 is 0 Å². The summed E-state index contributed by atoms with van der Waals surface area (Å²) in [7, 11) is 0. The van der Waals surface area contributed by atoms with Gasteiger partial charge in [0, 0.05) is 25.5 Å². The predicted octanol–water partition coefficient (Wildman–Crippen LogP) is 2.58. The zero-order valence-corrected chi connectivity index (χ0v) is 13.2. The summed E-state index contributed by atoms with van der Waals surface area (Å²) < 4.78 is 1.59. The Bertz CT molecular complexity index is 619. The van der Waals surface area contributed by atoms with Gasteiger partial charge in [0.2, 0.25) is 11.2 Å². The molecule has 6 nitrogen and oxygen atoms in total. The molecule has 112 valence electrons. The molecule has 1 unspecified atom stereocenters. The van der Waals surface area contributed by atoms with Crippen molar-refractivity contribution in [2.24, 2.45) is 11.3 Å². The molecule has 2 aromatic heterocycles. The number of rotatable bonds is 2. The highest BCUT2D eigenvalue weighted by Gasteiger charge is 2.33. The van der Waals surface area contributed by atoms with Gasteiger partial charge in [-0.15, -0.1) is 0 Å². The minimum Gasteiger partial charge on any atom is -0.340 e. The zero-order chi connectivity index (χ0) is 15.0. The molecule has 3 rings (SSSR count). The second-order valence-electron chi connectivity index (χ2n) is 6.45. The van der Waals surface area contributed by atoms with Gasteiger partial charge in [0.25, 0.3) is 5.95 Å². The van der Waals surface area contributed by atoms with Crippen LogP contribution in [-0.2, 0) is 0 Å². The van der Waals surface area contributed by atoms with Crippen molar-refractivity contribution < 1.29 is 0 Å². The van der Waals surface area contributed by atoms with E-state index in [1.165, 1.54) is 0 Å². The summed E-state index contributed by atoms with van der Waals surface area (Å²) >= 11 is 6.04. The van der Waals surface area contributed by atoms with Crippen LogP contribution < -0.4 is 4.90 Å². The van der Waals surface area contributed by atoms with Crippen LogP contribution in [0.1, 0.15) is 27.2 Å². The van der Waals surface area contributed by atoms with Crippen LogP contribution in [0.2, 0.25) is 5.28 Å². The molecule has 1 atom stereocenters. The molecule has 0 bridgehead atoms. The van der Waals surface area contributed by atoms with Crippen molar-refractivity contribution in [3.05, 3.63) is 23.7 Å². The van der Waals surface area contributed by atoms with Crippen LogP contribution in [0.25, 0.3) is 5.95 Å². The van der Waals surface area contributed by atoms with Gasteiger partial charge < -0.3 is 4.90 Å². The van der Waals surface area contributed by atoms with E-state index in [1.54, 1.807) is 17.1 Å². The SMILES string of the molecule is CC(C)(C)C1CCN(c2nc(Cl)nc(-n3cccn3)n2)C1. The van der Waals surface area contributed by atoms with Gasteiger partial charge in [-0.3, -0.25) is 0 Å². The lowest BCUT2D eigenvalue weighted by atomic mass is 9.80. The maximum atomic E-state index is 6.04. The molecule has 1 aliphatic rings. The highest BCUT2D eigenvalue weighted by molar-refractivity contribution is 6.28. The van der Waals surface area contributed by atoms with Crippen LogP contribution in [0, 0.1) is 11.3 Å². The van der Waals surface area contributed by atoms with Gasteiger partial charge in [-0.2, -0.15) is 20.1 Å². The Labute approximate surface area is 129 Å². The van der Waals surface area contributed by atoms with E-state index in [0.717, 1.165) is 19.5 Å². The Morgan fingerprint density at radius 1 is 1.19 bits per heavy atom. The molecule has 0 aliphatic carbocycles. The molecule has 0 radical (unpaired) electrons. The molecule has 1 fully saturated rings. The summed E-state index contributed by atoms with van der Waals surface area (Å²) in [6.45, 7) is 8.72. The molecule has 1 saturated heterocycles. The Morgan fingerprint density at radius 3 is 2.57 bits per heavy atom. The molecule has 1 aliphatic heterocycles. The van der Waals surface area contributed by atoms with E-state index in [1.807, 2.05) is 6.07 Å². The second-order valence-corrected chi connectivity index (χ2v) is 6.79. The molecule has 3 heterocycles. The predicted molar refractivity (Wildman–Crippen MR) is 81.7 cm³/mol. The summed E-state index contributed by atoms with van der Waals surface area (Å²) in [5, 5.41) is 4.34. The summed E-state index contributed by atoms with van der Waals surface area (Å²) in [6, 6.07) is 1.82. The van der Waals surface area contributed by atoms with Crippen molar-refractivity contribution in [1.29, 1.82) is 0 Å². The van der Waals surface area contributed by atoms with Crippen LogP contribution in [0.3, 0.4) is 0 Å². The first kappa shape index (κ1) is 14.3. The Hall–Kier alpha value is -1.69. The molecule has 2 aromatic rings. The molecule has 0 spiro atoms. The van der Waals surface area contributed by atoms with E-state index in [4.69, 9.17) is 11.6 Å². The number of nitrogens with zero attached hydrogens (tertiary/aromatic N) is 6. The van der Waals surface area contributed by atoms with E-state index in [0.29, 0.717) is 17.8 Å². The number of halogens is 1. The first-order chi connectivity index (χ1) is 9.93. The van der Waals surface area contributed by atoms with Gasteiger partial charge in [0.05, 0.1) is 0 Å². The van der Waals surface area contributed by atoms with Gasteiger partial charge in [-0.25, -0.2) is 4.68 Å². The lowest BCUT2D eigenvalue weighted by Crippen LogP contribution is -2.27. The first-order valence-corrected chi connectivity index (χ1v) is 7.48. The highest BCUT2D eigenvalue weighted by Crippen LogP contribution is 2.34. The molecular weight excluding hydrogens is 288 g/mol. The fourth-order valence-corrected chi connectivity index (χ4v) is 2.76. The van der Waals surface area contributed by atoms with Gasteiger partial charge in [-0.1, -0.05) is 20.8 Å². The van der Waals surface area contributed by atoms with Crippen molar-refractivity contribution in [3.63, 3.8) is 0 Å². The Balaban J connectivity index is 1.87. The molecule has 21 heavy (non-hydrogen) atoms. The smallest absolute Gasteiger partial charge is 0.256 e. The van der Waals surface area contributed by atoms with Crippen LogP contribution in [0.15, 0.2) is 18.5 Å². The average molecular weight is 307 g/mol. The second kappa shape index (κ2) is 5.26. The van der Waals surface area contributed by atoms with E-state index >= 15 is 0 Å². The Kier molecular flexibility index (Phi) is 3.57. The lowest BCUT2D eigenvalue weighted by Gasteiger charge is -2.26. The van der Waals surface area contributed by atoms with Crippen molar-refractivity contribution in [1.82, 2.24) is 24.7 Å². The third kappa shape index (κ3) is 3.00. The van der Waals surface area contributed by atoms with Crippen molar-refractivity contribution in [2.75, 3.05) is 18.0 Å². The van der Waals surface area contributed by atoms with E-state index in [-0.39, 0.29) is 10.7 Å². The van der Waals surface area contributed by atoms with E-state index in [2.05, 4.69) is 45.7 Å². The number of hydrogen-bond acceptors (Lipinski definition) is 5. The monoisotopic (exact) mass is 306 g/mol. The fourth-order valence-electron chi connectivity index (χ4n) is 2.61. The number of hydrogen-bond donors (Lipinski definition) is 0. The average Bonchev–Trinajstić information content (AvgIpc) is 3.09. The number of aromatic nitrogens is 5. The maximum absolute atomic E-state index is 6.04. The van der Waals surface area contributed by atoms with Crippen molar-refractivity contribution in [2.45, 2.75) is 27.2 Å². The lowest BCUT2D eigenvalue weighted by molar-refractivity contribution is 0.263. The third-order valence-corrected chi connectivity index (χ3v) is 4.16. The maximum Gasteiger partial charge on any atom is 0.256 e. The van der Waals surface area contributed by atoms with Crippen molar-refractivity contribution >= 4 is 17.5 Å². The normalized spacial score (nSPS) is 19.2. The fraction of sp³-hybridized carbons (Fsp3) is 0.571. The van der Waals surface area contributed by atoms with Crippen LogP contribution in [0.5, 0.6) is 0 Å². The summed E-state index contributed by atoms with van der Waals surface area (Å²) in [5.74, 6) is 1.71. The van der Waals surface area contributed by atoms with E-state index in [9.17, 15) is 0 Å². The standard InChI is InChI=1S/C14H19ClN6/c1-14(2,3)10-5-8-20(9-10)12-17-11(15)18-13(19-12)21-7-4-6-16-21/h4,6-7,10H,5,8-9H2,1-3H3. The minimum absolute atomic E-state index is 0.199. The van der Waals surface area contributed by atoms with Gasteiger partial charge in [0.15, 0.2) is 0 Å². The van der Waals surface area contributed by atoms with E-state index < -0.39 is 0 Å². The molecular formula is C14H19ClN6. The summed E-state index contributed by atoms with van der Waals surface area (Å²) in [5.41, 5.74) is 0.288. The van der Waals surface area contributed by atoms with Crippen LogP contribution in [0.4, 0.5) is 5.95 Å².